The van der Waals surface area contributed by atoms with Gasteiger partial charge in [-0.1, -0.05) is 0 Å². The zero-order chi connectivity index (χ0) is 13.1. The summed E-state index contributed by atoms with van der Waals surface area (Å²) in [7, 11) is 1.87. The van der Waals surface area contributed by atoms with Crippen LogP contribution in [0.2, 0.25) is 0 Å². The molecule has 5 heteroatoms. The lowest BCUT2D eigenvalue weighted by Gasteiger charge is -2.28. The molecular weight excluding hydrogens is 232 g/mol. The van der Waals surface area contributed by atoms with E-state index in [0.29, 0.717) is 30.8 Å². The summed E-state index contributed by atoms with van der Waals surface area (Å²) >= 11 is 0. The standard InChI is InChI=1S/C13H22N2O3/c1-15(12(9-4-5-9)10-6-7-10)13(18)14-8-2-3-11(16)17/h9-10,12H,2-8H2,1H3,(H,14,18)(H,16,17). The number of nitrogens with one attached hydrogen (secondary N) is 1. The molecule has 0 heterocycles. The zero-order valence-corrected chi connectivity index (χ0v) is 10.9. The quantitative estimate of drug-likeness (QED) is 0.679. The third-order valence-electron chi connectivity index (χ3n) is 3.82. The Bertz CT molecular complexity index is 312. The van der Waals surface area contributed by atoms with E-state index in [1.54, 1.807) is 0 Å². The largest absolute Gasteiger partial charge is 0.481 e. The number of hydrogen-bond donors (Lipinski definition) is 2. The Balaban J connectivity index is 1.71. The molecule has 0 bridgehead atoms. The highest BCUT2D eigenvalue weighted by Gasteiger charge is 2.44. The van der Waals surface area contributed by atoms with Gasteiger partial charge >= 0.3 is 12.0 Å². The van der Waals surface area contributed by atoms with Crippen LogP contribution in [0, 0.1) is 11.8 Å². The van der Waals surface area contributed by atoms with E-state index in [0.717, 1.165) is 0 Å². The minimum Gasteiger partial charge on any atom is -0.481 e. The second kappa shape index (κ2) is 5.59. The molecule has 2 rings (SSSR count). The SMILES string of the molecule is CN(C(=O)NCCCC(=O)O)C(C1CC1)C1CC1. The van der Waals surface area contributed by atoms with Crippen LogP contribution >= 0.6 is 0 Å². The average Bonchev–Trinajstić information content (AvgIpc) is 3.16. The fraction of sp³-hybridized carbons (Fsp3) is 0.846. The van der Waals surface area contributed by atoms with Crippen LogP contribution in [0.3, 0.4) is 0 Å². The van der Waals surface area contributed by atoms with Crippen LogP contribution in [0.15, 0.2) is 0 Å². The summed E-state index contributed by atoms with van der Waals surface area (Å²) < 4.78 is 0. The molecule has 2 aliphatic rings. The van der Waals surface area contributed by atoms with Crippen molar-refractivity contribution in [1.82, 2.24) is 10.2 Å². The van der Waals surface area contributed by atoms with Gasteiger partial charge in [-0.05, 0) is 43.9 Å². The van der Waals surface area contributed by atoms with Crippen molar-refractivity contribution in [3.05, 3.63) is 0 Å². The summed E-state index contributed by atoms with van der Waals surface area (Å²) in [6.07, 6.45) is 5.59. The zero-order valence-electron chi connectivity index (χ0n) is 10.9. The Morgan fingerprint density at radius 3 is 2.28 bits per heavy atom. The van der Waals surface area contributed by atoms with E-state index in [2.05, 4.69) is 5.32 Å². The summed E-state index contributed by atoms with van der Waals surface area (Å²) in [6.45, 7) is 0.442. The van der Waals surface area contributed by atoms with Crippen molar-refractivity contribution in [2.24, 2.45) is 11.8 Å². The molecule has 0 spiro atoms. The first-order valence-corrected chi connectivity index (χ1v) is 6.82. The Hall–Kier alpha value is -1.26. The van der Waals surface area contributed by atoms with Crippen molar-refractivity contribution in [3.8, 4) is 0 Å². The molecule has 102 valence electrons. The maximum atomic E-state index is 12.0. The van der Waals surface area contributed by atoms with Gasteiger partial charge in [-0.3, -0.25) is 4.79 Å². The summed E-state index contributed by atoms with van der Waals surface area (Å²) in [5.41, 5.74) is 0. The average molecular weight is 254 g/mol. The highest BCUT2D eigenvalue weighted by Crippen LogP contribution is 2.46. The summed E-state index contributed by atoms with van der Waals surface area (Å²) in [4.78, 5) is 24.2. The van der Waals surface area contributed by atoms with E-state index in [9.17, 15) is 9.59 Å². The summed E-state index contributed by atoms with van der Waals surface area (Å²) in [5.74, 6) is 0.589. The predicted octanol–water partition coefficient (Wildman–Crippen LogP) is 1.68. The second-order valence-corrected chi connectivity index (χ2v) is 5.51. The van der Waals surface area contributed by atoms with Crippen LogP contribution in [0.5, 0.6) is 0 Å². The van der Waals surface area contributed by atoms with Gasteiger partial charge in [-0.15, -0.1) is 0 Å². The van der Waals surface area contributed by atoms with Crippen molar-refractivity contribution in [1.29, 1.82) is 0 Å². The Kier molecular flexibility index (Phi) is 4.09. The molecule has 2 aliphatic carbocycles. The van der Waals surface area contributed by atoms with Gasteiger partial charge in [-0.2, -0.15) is 0 Å². The molecule has 0 aliphatic heterocycles. The molecule has 2 fully saturated rings. The van der Waals surface area contributed by atoms with Crippen molar-refractivity contribution < 1.29 is 14.7 Å². The van der Waals surface area contributed by atoms with Crippen LogP contribution in [0.4, 0.5) is 4.79 Å². The predicted molar refractivity (Wildman–Crippen MR) is 67.3 cm³/mol. The number of carboxylic acid groups (broad SMARTS) is 1. The molecule has 0 atom stereocenters. The van der Waals surface area contributed by atoms with Crippen LogP contribution in [-0.4, -0.2) is 41.6 Å². The number of amides is 2. The molecule has 2 N–H and O–H groups in total. The fourth-order valence-corrected chi connectivity index (χ4v) is 2.59. The molecular formula is C13H22N2O3. The second-order valence-electron chi connectivity index (χ2n) is 5.51. The molecule has 0 saturated heterocycles. The molecule has 0 aromatic carbocycles. The van der Waals surface area contributed by atoms with Gasteiger partial charge in [-0.25, -0.2) is 4.79 Å². The molecule has 0 aromatic heterocycles. The van der Waals surface area contributed by atoms with Crippen molar-refractivity contribution in [2.75, 3.05) is 13.6 Å². The molecule has 0 aromatic rings. The number of carbonyl (C=O) groups excluding carboxylic acids is 1. The fourth-order valence-electron chi connectivity index (χ4n) is 2.59. The van der Waals surface area contributed by atoms with Crippen molar-refractivity contribution in [3.63, 3.8) is 0 Å². The van der Waals surface area contributed by atoms with E-state index >= 15 is 0 Å². The number of hydrogen-bond acceptors (Lipinski definition) is 2. The van der Waals surface area contributed by atoms with Crippen LogP contribution < -0.4 is 5.32 Å². The normalized spacial score (nSPS) is 18.8. The number of nitrogens with zero attached hydrogens (tertiary/aromatic N) is 1. The minimum absolute atomic E-state index is 0.0517. The van der Waals surface area contributed by atoms with Gasteiger partial charge < -0.3 is 15.3 Å². The van der Waals surface area contributed by atoms with Crippen LogP contribution in [-0.2, 0) is 4.79 Å². The Morgan fingerprint density at radius 1 is 1.28 bits per heavy atom. The number of aliphatic carboxylic acids is 1. The number of urea groups is 1. The first-order valence-electron chi connectivity index (χ1n) is 6.82. The van der Waals surface area contributed by atoms with Crippen LogP contribution in [0.1, 0.15) is 38.5 Å². The maximum Gasteiger partial charge on any atom is 0.317 e. The van der Waals surface area contributed by atoms with Gasteiger partial charge in [0.1, 0.15) is 0 Å². The van der Waals surface area contributed by atoms with Crippen molar-refractivity contribution >= 4 is 12.0 Å². The molecule has 0 unspecified atom stereocenters. The third kappa shape index (κ3) is 3.62. The highest BCUT2D eigenvalue weighted by atomic mass is 16.4. The summed E-state index contributed by atoms with van der Waals surface area (Å²) in [5, 5.41) is 11.3. The molecule has 2 amide bonds. The van der Waals surface area contributed by atoms with Gasteiger partial charge in [0, 0.05) is 26.1 Å². The van der Waals surface area contributed by atoms with E-state index in [1.807, 2.05) is 11.9 Å². The number of carboxylic acids is 1. The first kappa shape index (κ1) is 13.2. The monoisotopic (exact) mass is 254 g/mol. The smallest absolute Gasteiger partial charge is 0.317 e. The van der Waals surface area contributed by atoms with Crippen LogP contribution in [0.25, 0.3) is 0 Å². The van der Waals surface area contributed by atoms with E-state index < -0.39 is 5.97 Å². The highest BCUT2D eigenvalue weighted by molar-refractivity contribution is 5.74. The lowest BCUT2D eigenvalue weighted by atomic mass is 10.1. The van der Waals surface area contributed by atoms with E-state index in [-0.39, 0.29) is 12.5 Å². The van der Waals surface area contributed by atoms with Gasteiger partial charge in [0.05, 0.1) is 0 Å². The lowest BCUT2D eigenvalue weighted by molar-refractivity contribution is -0.137. The first-order chi connectivity index (χ1) is 8.59. The Labute approximate surface area is 108 Å². The van der Waals surface area contributed by atoms with Gasteiger partial charge in [0.25, 0.3) is 0 Å². The molecule has 5 nitrogen and oxygen atoms in total. The topological polar surface area (TPSA) is 69.6 Å². The maximum absolute atomic E-state index is 12.0. The summed E-state index contributed by atoms with van der Waals surface area (Å²) in [6, 6.07) is 0.355. The van der Waals surface area contributed by atoms with Crippen molar-refractivity contribution in [2.45, 2.75) is 44.6 Å². The minimum atomic E-state index is -0.813. The number of rotatable bonds is 7. The molecule has 18 heavy (non-hydrogen) atoms. The molecule has 2 saturated carbocycles. The van der Waals surface area contributed by atoms with E-state index in [4.69, 9.17) is 5.11 Å². The molecule has 0 radical (unpaired) electrons. The number of carbonyl (C=O) groups is 2. The Morgan fingerprint density at radius 2 is 1.83 bits per heavy atom. The van der Waals surface area contributed by atoms with Gasteiger partial charge in [0.15, 0.2) is 0 Å². The van der Waals surface area contributed by atoms with Gasteiger partial charge in [0.2, 0.25) is 0 Å². The van der Waals surface area contributed by atoms with E-state index in [1.165, 1.54) is 25.7 Å². The third-order valence-corrected chi connectivity index (χ3v) is 3.82. The lowest BCUT2D eigenvalue weighted by Crippen LogP contribution is -2.46.